The number of carboxylic acid groups (broad SMARTS) is 1. The molecule has 142 valence electrons. The molecule has 2 N–H and O–H groups in total. The molecule has 2 aromatic carbocycles. The van der Waals surface area contributed by atoms with Gasteiger partial charge >= 0.3 is 5.97 Å². The first kappa shape index (κ1) is 20.0. The Morgan fingerprint density at radius 3 is 2.61 bits per heavy atom. The lowest BCUT2D eigenvalue weighted by molar-refractivity contribution is -0.140. The highest BCUT2D eigenvalue weighted by atomic mass is 35.5. The Morgan fingerprint density at radius 1 is 1.21 bits per heavy atom. The third-order valence-corrected chi connectivity index (χ3v) is 5.17. The fourth-order valence-corrected chi connectivity index (χ4v) is 3.72. The van der Waals surface area contributed by atoms with E-state index in [0.29, 0.717) is 22.0 Å². The first-order chi connectivity index (χ1) is 13.3. The quantitative estimate of drug-likeness (QED) is 0.401. The van der Waals surface area contributed by atoms with Crippen molar-refractivity contribution >= 4 is 69.2 Å². The molecular weight excluding hydrogens is 422 g/mol. The summed E-state index contributed by atoms with van der Waals surface area (Å²) in [4.78, 5) is 24.4. The maximum Gasteiger partial charge on any atom is 0.323 e. The third kappa shape index (κ3) is 4.75. The number of aromatic hydroxyl groups is 1. The van der Waals surface area contributed by atoms with Gasteiger partial charge in [-0.15, -0.1) is 0 Å². The number of thioether (sulfide) groups is 1. The van der Waals surface area contributed by atoms with Crippen LogP contribution < -0.4 is 0 Å². The summed E-state index contributed by atoms with van der Waals surface area (Å²) in [5.74, 6) is -1.75. The first-order valence-corrected chi connectivity index (χ1v) is 9.41. The lowest BCUT2D eigenvalue weighted by Crippen LogP contribution is -2.33. The lowest BCUT2D eigenvalue weighted by atomic mass is 10.1. The zero-order valence-electron chi connectivity index (χ0n) is 14.1. The predicted octanol–water partition coefficient (Wildman–Crippen LogP) is 4.75. The number of amides is 1. The first-order valence-electron chi connectivity index (χ1n) is 7.81. The van der Waals surface area contributed by atoms with Gasteiger partial charge in [0.15, 0.2) is 0 Å². The average molecular weight is 434 g/mol. The number of hydrogen-bond donors (Lipinski definition) is 2. The molecular formula is C18H12ClN3O4S2. The summed E-state index contributed by atoms with van der Waals surface area (Å²) in [5, 5.41) is 27.7. The summed E-state index contributed by atoms with van der Waals surface area (Å²) in [6, 6.07) is 11.4. The zero-order chi connectivity index (χ0) is 20.3. The molecule has 1 aliphatic rings. The van der Waals surface area contributed by atoms with Gasteiger partial charge < -0.3 is 10.2 Å². The molecule has 1 fully saturated rings. The highest BCUT2D eigenvalue weighted by Crippen LogP contribution is 2.35. The number of thiocarbonyl (C=S) groups is 1. The van der Waals surface area contributed by atoms with Crippen molar-refractivity contribution in [2.75, 3.05) is 6.54 Å². The molecule has 7 nitrogen and oxygen atoms in total. The van der Waals surface area contributed by atoms with Crippen molar-refractivity contribution in [2.45, 2.75) is 0 Å². The topological polar surface area (TPSA) is 103 Å². The van der Waals surface area contributed by atoms with Gasteiger partial charge in [-0.2, -0.15) is 10.2 Å². The van der Waals surface area contributed by atoms with Crippen LogP contribution in [0.5, 0.6) is 5.75 Å². The molecule has 0 aliphatic carbocycles. The fraction of sp³-hybridized carbons (Fsp3) is 0.0556. The van der Waals surface area contributed by atoms with Gasteiger partial charge in [0.05, 0.1) is 16.3 Å². The zero-order valence-corrected chi connectivity index (χ0v) is 16.5. The summed E-state index contributed by atoms with van der Waals surface area (Å²) in [7, 11) is 0. The number of phenols is 1. The van der Waals surface area contributed by atoms with Crippen LogP contribution in [0.15, 0.2) is 57.6 Å². The predicted molar refractivity (Wildman–Crippen MR) is 111 cm³/mol. The van der Waals surface area contributed by atoms with E-state index in [4.69, 9.17) is 28.9 Å². The summed E-state index contributed by atoms with van der Waals surface area (Å²) in [5.41, 5.74) is 1.35. The van der Waals surface area contributed by atoms with Gasteiger partial charge in [0.2, 0.25) is 0 Å². The Balaban J connectivity index is 1.86. The minimum Gasteiger partial charge on any atom is -0.507 e. The number of azo groups is 1. The fourth-order valence-electron chi connectivity index (χ4n) is 2.29. The van der Waals surface area contributed by atoms with Crippen LogP contribution in [-0.4, -0.2) is 37.9 Å². The summed E-state index contributed by atoms with van der Waals surface area (Å²) >= 11 is 11.9. The Bertz CT molecular complexity index is 1040. The largest absolute Gasteiger partial charge is 0.507 e. The van der Waals surface area contributed by atoms with Crippen molar-refractivity contribution in [3.05, 3.63) is 58.0 Å². The second-order valence-electron chi connectivity index (χ2n) is 5.58. The van der Waals surface area contributed by atoms with Crippen LogP contribution in [0, 0.1) is 0 Å². The van der Waals surface area contributed by atoms with Gasteiger partial charge in [-0.25, -0.2) is 0 Å². The number of carboxylic acids is 1. The van der Waals surface area contributed by atoms with E-state index in [1.54, 1.807) is 36.4 Å². The minimum atomic E-state index is -1.16. The van der Waals surface area contributed by atoms with Crippen LogP contribution >= 0.6 is 35.6 Å². The molecule has 0 radical (unpaired) electrons. The van der Waals surface area contributed by atoms with Crippen molar-refractivity contribution in [2.24, 2.45) is 10.2 Å². The third-order valence-electron chi connectivity index (χ3n) is 3.55. The molecule has 1 aliphatic heterocycles. The van der Waals surface area contributed by atoms with Crippen molar-refractivity contribution in [1.82, 2.24) is 4.90 Å². The number of rotatable bonds is 5. The number of carbonyl (C=O) groups is 2. The number of aliphatic carboxylic acids is 1. The second-order valence-corrected chi connectivity index (χ2v) is 7.70. The summed E-state index contributed by atoms with van der Waals surface area (Å²) in [6.07, 6.45) is 1.44. The van der Waals surface area contributed by atoms with Gasteiger partial charge in [-0.1, -0.05) is 41.6 Å². The average Bonchev–Trinajstić information content (AvgIpc) is 2.89. The highest BCUT2D eigenvalue weighted by Gasteiger charge is 2.33. The molecule has 0 spiro atoms. The van der Waals surface area contributed by atoms with E-state index in [1.807, 2.05) is 0 Å². The van der Waals surface area contributed by atoms with E-state index in [0.717, 1.165) is 16.7 Å². The monoisotopic (exact) mass is 433 g/mol. The van der Waals surface area contributed by atoms with E-state index in [-0.39, 0.29) is 15.0 Å². The molecule has 0 aromatic heterocycles. The van der Waals surface area contributed by atoms with Crippen LogP contribution in [0.3, 0.4) is 0 Å². The number of nitrogens with zero attached hydrogens (tertiary/aromatic N) is 3. The van der Waals surface area contributed by atoms with Gasteiger partial charge in [0, 0.05) is 10.6 Å². The molecule has 0 unspecified atom stereocenters. The standard InChI is InChI=1S/C18H12ClN3O4S2/c19-11-2-1-3-12(8-11)20-21-13-4-5-14(23)10(6-13)7-15-17(26)22(9-16(24)25)18(27)28-15/h1-8,23H,9H2,(H,24,25). The van der Waals surface area contributed by atoms with E-state index >= 15 is 0 Å². The van der Waals surface area contributed by atoms with E-state index in [9.17, 15) is 14.7 Å². The number of hydrogen-bond acceptors (Lipinski definition) is 7. The molecule has 3 rings (SSSR count). The molecule has 0 saturated carbocycles. The number of phenolic OH excluding ortho intramolecular Hbond substituents is 1. The van der Waals surface area contributed by atoms with Crippen LogP contribution in [0.4, 0.5) is 11.4 Å². The molecule has 0 bridgehead atoms. The summed E-state index contributed by atoms with van der Waals surface area (Å²) < 4.78 is 0.148. The van der Waals surface area contributed by atoms with Crippen LogP contribution in [0.25, 0.3) is 6.08 Å². The van der Waals surface area contributed by atoms with Crippen molar-refractivity contribution in [1.29, 1.82) is 0 Å². The summed E-state index contributed by atoms with van der Waals surface area (Å²) in [6.45, 7) is -0.512. The molecule has 28 heavy (non-hydrogen) atoms. The molecule has 1 amide bonds. The van der Waals surface area contributed by atoms with Crippen LogP contribution in [0.1, 0.15) is 5.56 Å². The molecule has 1 heterocycles. The van der Waals surface area contributed by atoms with E-state index < -0.39 is 18.4 Å². The number of carbonyl (C=O) groups excluding carboxylic acids is 1. The Kier molecular flexibility index (Phi) is 6.08. The second kappa shape index (κ2) is 8.51. The normalized spacial score (nSPS) is 15.8. The minimum absolute atomic E-state index is 0.0646. The van der Waals surface area contributed by atoms with Gasteiger partial charge in [0.1, 0.15) is 16.6 Å². The number of halogens is 1. The smallest absolute Gasteiger partial charge is 0.323 e. The Morgan fingerprint density at radius 2 is 1.93 bits per heavy atom. The number of benzene rings is 2. The van der Waals surface area contributed by atoms with Crippen molar-refractivity contribution < 1.29 is 19.8 Å². The van der Waals surface area contributed by atoms with Gasteiger partial charge in [0.25, 0.3) is 5.91 Å². The maximum atomic E-state index is 12.3. The van der Waals surface area contributed by atoms with E-state index in [2.05, 4.69) is 10.2 Å². The van der Waals surface area contributed by atoms with Crippen LogP contribution in [-0.2, 0) is 9.59 Å². The lowest BCUT2D eigenvalue weighted by Gasteiger charge is -2.10. The Hall–Kier alpha value is -2.75. The highest BCUT2D eigenvalue weighted by molar-refractivity contribution is 8.26. The molecule has 1 saturated heterocycles. The molecule has 2 aromatic rings. The van der Waals surface area contributed by atoms with Gasteiger partial charge in [-0.05, 0) is 42.5 Å². The Labute approximate surface area is 174 Å². The van der Waals surface area contributed by atoms with Crippen molar-refractivity contribution in [3.63, 3.8) is 0 Å². The molecule has 0 atom stereocenters. The molecule has 10 heteroatoms. The van der Waals surface area contributed by atoms with E-state index in [1.165, 1.54) is 12.1 Å². The maximum absolute atomic E-state index is 12.3. The van der Waals surface area contributed by atoms with Crippen LogP contribution in [0.2, 0.25) is 5.02 Å². The van der Waals surface area contributed by atoms with Crippen molar-refractivity contribution in [3.8, 4) is 5.75 Å². The van der Waals surface area contributed by atoms with Gasteiger partial charge in [-0.3, -0.25) is 14.5 Å². The SMILES string of the molecule is O=C(O)CN1C(=O)C(=Cc2cc(N=Nc3cccc(Cl)c3)ccc2O)SC1=S.